The standard InChI is InChI=1S/C25H23N3O2/c1-17-7-11-22(12-8-17)27-19(3)25(30,21-6-4-5-20(15-21)16-26)28(24(27)29)23-13-9-18(2)10-14-23/h4-15,19,30H,1-3H3. The molecule has 3 aromatic carbocycles. The van der Waals surface area contributed by atoms with Crippen LogP contribution < -0.4 is 9.80 Å². The SMILES string of the molecule is Cc1ccc(N2C(=O)N(c3ccc(C)cc3)C(O)(c3cccc(C#N)c3)C2C)cc1. The zero-order valence-electron chi connectivity index (χ0n) is 17.2. The Hall–Kier alpha value is -3.62. The number of nitriles is 1. The van der Waals surface area contributed by atoms with E-state index in [4.69, 9.17) is 0 Å². The maximum absolute atomic E-state index is 13.7. The van der Waals surface area contributed by atoms with Gasteiger partial charge in [-0.1, -0.05) is 47.5 Å². The van der Waals surface area contributed by atoms with Gasteiger partial charge in [0.1, 0.15) is 0 Å². The number of rotatable bonds is 3. The van der Waals surface area contributed by atoms with Crippen molar-refractivity contribution in [2.24, 2.45) is 0 Å². The number of nitrogens with zero attached hydrogens (tertiary/aromatic N) is 3. The van der Waals surface area contributed by atoms with Crippen molar-refractivity contribution >= 4 is 17.4 Å². The number of carbonyl (C=O) groups excluding carboxylic acids is 1. The fourth-order valence-corrected chi connectivity index (χ4v) is 4.01. The second-order valence-electron chi connectivity index (χ2n) is 7.75. The van der Waals surface area contributed by atoms with Crippen LogP contribution in [0.3, 0.4) is 0 Å². The number of urea groups is 1. The minimum atomic E-state index is -1.65. The van der Waals surface area contributed by atoms with Crippen molar-refractivity contribution in [3.63, 3.8) is 0 Å². The lowest BCUT2D eigenvalue weighted by atomic mass is 9.93. The van der Waals surface area contributed by atoms with E-state index in [1.807, 2.05) is 69.3 Å². The Morgan fingerprint density at radius 2 is 1.50 bits per heavy atom. The summed E-state index contributed by atoms with van der Waals surface area (Å²) in [5.74, 6) is 0. The topological polar surface area (TPSA) is 67.6 Å². The van der Waals surface area contributed by atoms with E-state index in [0.29, 0.717) is 22.5 Å². The molecule has 0 bridgehead atoms. The van der Waals surface area contributed by atoms with Crippen LogP contribution in [-0.2, 0) is 5.72 Å². The smallest absolute Gasteiger partial charge is 0.332 e. The highest BCUT2D eigenvalue weighted by Crippen LogP contribution is 2.44. The molecule has 1 heterocycles. The number of aryl methyl sites for hydroxylation is 2. The maximum Gasteiger partial charge on any atom is 0.332 e. The third-order valence-corrected chi connectivity index (χ3v) is 5.73. The van der Waals surface area contributed by atoms with Crippen LogP contribution in [0.25, 0.3) is 0 Å². The van der Waals surface area contributed by atoms with E-state index >= 15 is 0 Å². The van der Waals surface area contributed by atoms with Gasteiger partial charge in [-0.15, -0.1) is 0 Å². The number of aliphatic hydroxyl groups is 1. The van der Waals surface area contributed by atoms with Gasteiger partial charge in [-0.2, -0.15) is 5.26 Å². The predicted molar refractivity (Wildman–Crippen MR) is 117 cm³/mol. The molecule has 5 heteroatoms. The Balaban J connectivity index is 1.91. The minimum Gasteiger partial charge on any atom is -0.365 e. The molecule has 1 saturated heterocycles. The van der Waals surface area contributed by atoms with Crippen molar-refractivity contribution in [2.75, 3.05) is 9.80 Å². The molecule has 2 atom stereocenters. The van der Waals surface area contributed by atoms with Crippen LogP contribution in [0.5, 0.6) is 0 Å². The van der Waals surface area contributed by atoms with Crippen molar-refractivity contribution < 1.29 is 9.90 Å². The highest BCUT2D eigenvalue weighted by Gasteiger charge is 2.56. The van der Waals surface area contributed by atoms with Crippen molar-refractivity contribution in [1.82, 2.24) is 0 Å². The molecule has 0 radical (unpaired) electrons. The predicted octanol–water partition coefficient (Wildman–Crippen LogP) is 4.86. The summed E-state index contributed by atoms with van der Waals surface area (Å²) < 4.78 is 0. The van der Waals surface area contributed by atoms with Crippen LogP contribution in [0.4, 0.5) is 16.2 Å². The van der Waals surface area contributed by atoms with E-state index in [-0.39, 0.29) is 6.03 Å². The maximum atomic E-state index is 13.7. The van der Waals surface area contributed by atoms with E-state index in [0.717, 1.165) is 11.1 Å². The second-order valence-corrected chi connectivity index (χ2v) is 7.75. The quantitative estimate of drug-likeness (QED) is 0.687. The van der Waals surface area contributed by atoms with Crippen LogP contribution in [0, 0.1) is 25.2 Å². The van der Waals surface area contributed by atoms with Gasteiger partial charge in [0.25, 0.3) is 0 Å². The van der Waals surface area contributed by atoms with E-state index in [1.165, 1.54) is 4.90 Å². The molecule has 3 aromatic rings. The average molecular weight is 397 g/mol. The largest absolute Gasteiger partial charge is 0.365 e. The molecular formula is C25H23N3O2. The molecule has 1 aliphatic heterocycles. The molecular weight excluding hydrogens is 374 g/mol. The highest BCUT2D eigenvalue weighted by atomic mass is 16.3. The summed E-state index contributed by atoms with van der Waals surface area (Å²) in [7, 11) is 0. The third kappa shape index (κ3) is 3.02. The molecule has 150 valence electrons. The molecule has 5 nitrogen and oxygen atoms in total. The molecule has 1 fully saturated rings. The van der Waals surface area contributed by atoms with Crippen molar-refractivity contribution in [3.8, 4) is 6.07 Å². The van der Waals surface area contributed by atoms with Crippen molar-refractivity contribution in [3.05, 3.63) is 95.1 Å². The van der Waals surface area contributed by atoms with Crippen LogP contribution >= 0.6 is 0 Å². The molecule has 30 heavy (non-hydrogen) atoms. The summed E-state index contributed by atoms with van der Waals surface area (Å²) in [5, 5.41) is 21.4. The first-order valence-corrected chi connectivity index (χ1v) is 9.86. The van der Waals surface area contributed by atoms with Gasteiger partial charge in [-0.05, 0) is 57.2 Å². The fraction of sp³-hybridized carbons (Fsp3) is 0.200. The number of anilines is 2. The Kier molecular flexibility index (Phi) is 4.81. The summed E-state index contributed by atoms with van der Waals surface area (Å²) in [6.45, 7) is 5.78. The summed E-state index contributed by atoms with van der Waals surface area (Å²) in [5.41, 5.74) is 2.73. The fourth-order valence-electron chi connectivity index (χ4n) is 4.01. The van der Waals surface area contributed by atoms with Crippen LogP contribution in [0.15, 0.2) is 72.8 Å². The van der Waals surface area contributed by atoms with E-state index < -0.39 is 11.8 Å². The second kappa shape index (κ2) is 7.33. The normalized spacial score (nSPS) is 21.0. The number of hydrogen-bond donors (Lipinski definition) is 1. The lowest BCUT2D eigenvalue weighted by molar-refractivity contribution is 0.0372. The Morgan fingerprint density at radius 1 is 0.933 bits per heavy atom. The van der Waals surface area contributed by atoms with Gasteiger partial charge in [-0.25, -0.2) is 4.79 Å². The van der Waals surface area contributed by atoms with Crippen LogP contribution in [0.1, 0.15) is 29.2 Å². The van der Waals surface area contributed by atoms with Crippen LogP contribution in [0.2, 0.25) is 0 Å². The van der Waals surface area contributed by atoms with Gasteiger partial charge < -0.3 is 5.11 Å². The van der Waals surface area contributed by atoms with Gasteiger partial charge in [0.15, 0.2) is 5.72 Å². The first-order valence-electron chi connectivity index (χ1n) is 9.86. The van der Waals surface area contributed by atoms with E-state index in [9.17, 15) is 15.2 Å². The Labute approximate surface area is 176 Å². The molecule has 2 amide bonds. The van der Waals surface area contributed by atoms with Crippen LogP contribution in [-0.4, -0.2) is 17.2 Å². The first-order chi connectivity index (χ1) is 14.4. The summed E-state index contributed by atoms with van der Waals surface area (Å²) in [4.78, 5) is 16.7. The molecule has 1 N–H and O–H groups in total. The molecule has 1 aliphatic rings. The Bertz CT molecular complexity index is 1130. The summed E-state index contributed by atoms with van der Waals surface area (Å²) in [6, 6.07) is 23.1. The van der Waals surface area contributed by atoms with E-state index in [2.05, 4.69) is 6.07 Å². The zero-order chi connectivity index (χ0) is 21.5. The van der Waals surface area contributed by atoms with Crippen molar-refractivity contribution in [2.45, 2.75) is 32.5 Å². The van der Waals surface area contributed by atoms with Gasteiger partial charge in [0.05, 0.1) is 17.7 Å². The summed E-state index contributed by atoms with van der Waals surface area (Å²) >= 11 is 0. The summed E-state index contributed by atoms with van der Waals surface area (Å²) in [6.07, 6.45) is 0. The Morgan fingerprint density at radius 3 is 2.07 bits per heavy atom. The number of amides is 2. The molecule has 4 rings (SSSR count). The molecule has 0 spiro atoms. The molecule has 0 aliphatic carbocycles. The number of carbonyl (C=O) groups is 1. The number of benzene rings is 3. The third-order valence-electron chi connectivity index (χ3n) is 5.73. The number of hydrogen-bond acceptors (Lipinski definition) is 3. The van der Waals surface area contributed by atoms with Gasteiger partial charge in [-0.3, -0.25) is 9.80 Å². The minimum absolute atomic E-state index is 0.319. The van der Waals surface area contributed by atoms with E-state index in [1.54, 1.807) is 29.2 Å². The van der Waals surface area contributed by atoms with Gasteiger partial charge in [0.2, 0.25) is 0 Å². The van der Waals surface area contributed by atoms with Gasteiger partial charge >= 0.3 is 6.03 Å². The lowest BCUT2D eigenvalue weighted by Crippen LogP contribution is -2.48. The highest BCUT2D eigenvalue weighted by molar-refractivity contribution is 6.08. The molecule has 0 saturated carbocycles. The lowest BCUT2D eigenvalue weighted by Gasteiger charge is -2.35. The molecule has 0 aromatic heterocycles. The molecule has 2 unspecified atom stereocenters. The zero-order valence-corrected chi connectivity index (χ0v) is 17.2. The van der Waals surface area contributed by atoms with Crippen molar-refractivity contribution in [1.29, 1.82) is 5.26 Å². The average Bonchev–Trinajstić information content (AvgIpc) is 2.96. The van der Waals surface area contributed by atoms with Gasteiger partial charge in [0, 0.05) is 16.9 Å². The monoisotopic (exact) mass is 397 g/mol. The first kappa shape index (κ1) is 19.7.